The lowest BCUT2D eigenvalue weighted by Crippen LogP contribution is -2.26. The molecule has 0 spiro atoms. The van der Waals surface area contributed by atoms with Gasteiger partial charge < -0.3 is 4.90 Å². The SMILES string of the molecule is CN1CCNS(=O)(=O)CC1.Cl. The number of likely N-dealkylation sites (N-methyl/N-ethyl adjacent to an activating group) is 1. The molecular weight excluding hydrogens is 188 g/mol. The number of halogens is 1. The fourth-order valence-corrected chi connectivity index (χ4v) is 1.95. The summed E-state index contributed by atoms with van der Waals surface area (Å²) in [5, 5.41) is 0. The first-order chi connectivity index (χ1) is 4.60. The van der Waals surface area contributed by atoms with Gasteiger partial charge in [-0.25, -0.2) is 13.1 Å². The van der Waals surface area contributed by atoms with E-state index in [-0.39, 0.29) is 18.2 Å². The third-order valence-electron chi connectivity index (χ3n) is 1.56. The van der Waals surface area contributed by atoms with E-state index in [1.165, 1.54) is 0 Å². The van der Waals surface area contributed by atoms with Crippen LogP contribution in [0.3, 0.4) is 0 Å². The van der Waals surface area contributed by atoms with E-state index >= 15 is 0 Å². The number of hydrogen-bond acceptors (Lipinski definition) is 3. The predicted molar refractivity (Wildman–Crippen MR) is 46.5 cm³/mol. The zero-order valence-electron chi connectivity index (χ0n) is 6.41. The Morgan fingerprint density at radius 3 is 2.64 bits per heavy atom. The highest BCUT2D eigenvalue weighted by Gasteiger charge is 2.14. The molecule has 11 heavy (non-hydrogen) atoms. The number of nitrogens with zero attached hydrogens (tertiary/aromatic N) is 1. The van der Waals surface area contributed by atoms with Crippen LogP contribution in [0, 0.1) is 0 Å². The molecule has 1 fully saturated rings. The Kier molecular flexibility index (Phi) is 4.31. The zero-order chi connectivity index (χ0) is 7.61. The second kappa shape index (κ2) is 4.25. The molecule has 0 saturated carbocycles. The smallest absolute Gasteiger partial charge is 0.212 e. The highest BCUT2D eigenvalue weighted by Crippen LogP contribution is 1.92. The Bertz CT molecular complexity index is 205. The van der Waals surface area contributed by atoms with Crippen LogP contribution >= 0.6 is 12.4 Å². The van der Waals surface area contributed by atoms with Gasteiger partial charge >= 0.3 is 0 Å². The van der Waals surface area contributed by atoms with Gasteiger partial charge in [-0.15, -0.1) is 12.4 Å². The number of hydrogen-bond donors (Lipinski definition) is 1. The molecule has 0 aromatic rings. The van der Waals surface area contributed by atoms with Crippen molar-refractivity contribution in [2.45, 2.75) is 0 Å². The van der Waals surface area contributed by atoms with E-state index in [0.29, 0.717) is 13.1 Å². The van der Waals surface area contributed by atoms with E-state index < -0.39 is 10.0 Å². The van der Waals surface area contributed by atoms with Gasteiger partial charge in [0.1, 0.15) is 0 Å². The normalized spacial score (nSPS) is 25.2. The first kappa shape index (κ1) is 11.2. The van der Waals surface area contributed by atoms with Gasteiger partial charge in [0.2, 0.25) is 10.0 Å². The molecule has 0 aromatic heterocycles. The molecule has 6 heteroatoms. The molecule has 4 nitrogen and oxygen atoms in total. The van der Waals surface area contributed by atoms with E-state index in [0.717, 1.165) is 6.54 Å². The Morgan fingerprint density at radius 2 is 2.00 bits per heavy atom. The van der Waals surface area contributed by atoms with Crippen molar-refractivity contribution in [3.63, 3.8) is 0 Å². The average Bonchev–Trinajstić information content (AvgIpc) is 1.94. The maximum Gasteiger partial charge on any atom is 0.212 e. The summed E-state index contributed by atoms with van der Waals surface area (Å²) in [5.41, 5.74) is 0. The summed E-state index contributed by atoms with van der Waals surface area (Å²) in [5.74, 6) is 0.226. The first-order valence-corrected chi connectivity index (χ1v) is 4.91. The fraction of sp³-hybridized carbons (Fsp3) is 1.00. The topological polar surface area (TPSA) is 49.4 Å². The molecule has 1 aliphatic rings. The van der Waals surface area contributed by atoms with Crippen molar-refractivity contribution < 1.29 is 8.42 Å². The van der Waals surface area contributed by atoms with Gasteiger partial charge in [-0.3, -0.25) is 0 Å². The highest BCUT2D eigenvalue weighted by molar-refractivity contribution is 7.89. The summed E-state index contributed by atoms with van der Waals surface area (Å²) < 4.78 is 24.2. The van der Waals surface area contributed by atoms with Gasteiger partial charge in [0, 0.05) is 19.6 Å². The molecule has 0 radical (unpaired) electrons. The van der Waals surface area contributed by atoms with E-state index in [9.17, 15) is 8.42 Å². The van der Waals surface area contributed by atoms with Gasteiger partial charge in [0.15, 0.2) is 0 Å². The van der Waals surface area contributed by atoms with Gasteiger partial charge in [-0.2, -0.15) is 0 Å². The van der Waals surface area contributed by atoms with Crippen molar-refractivity contribution in [3.05, 3.63) is 0 Å². The maximum atomic E-state index is 10.9. The third-order valence-corrected chi connectivity index (χ3v) is 2.92. The summed E-state index contributed by atoms with van der Waals surface area (Å²) in [4.78, 5) is 2.00. The quantitative estimate of drug-likeness (QED) is 0.561. The van der Waals surface area contributed by atoms with Gasteiger partial charge in [-0.05, 0) is 7.05 Å². The van der Waals surface area contributed by atoms with Crippen LogP contribution < -0.4 is 4.72 Å². The van der Waals surface area contributed by atoms with Crippen molar-refractivity contribution in [1.29, 1.82) is 0 Å². The number of nitrogens with one attached hydrogen (secondary N) is 1. The van der Waals surface area contributed by atoms with Gasteiger partial charge in [0.05, 0.1) is 5.75 Å². The van der Waals surface area contributed by atoms with Gasteiger partial charge in [0.25, 0.3) is 0 Å². The molecule has 68 valence electrons. The Labute approximate surface area is 73.4 Å². The molecule has 0 atom stereocenters. The van der Waals surface area contributed by atoms with Crippen LogP contribution in [-0.2, 0) is 10.0 Å². The summed E-state index contributed by atoms with van der Waals surface area (Å²) in [7, 11) is -1.02. The van der Waals surface area contributed by atoms with Crippen LogP contribution in [0.2, 0.25) is 0 Å². The van der Waals surface area contributed by atoms with Crippen molar-refractivity contribution in [1.82, 2.24) is 9.62 Å². The molecule has 1 saturated heterocycles. The predicted octanol–water partition coefficient (Wildman–Crippen LogP) is -0.727. The maximum absolute atomic E-state index is 10.9. The van der Waals surface area contributed by atoms with Crippen molar-refractivity contribution in [2.75, 3.05) is 32.4 Å². The Hall–Kier alpha value is 0.160. The molecule has 1 aliphatic heterocycles. The molecule has 0 unspecified atom stereocenters. The minimum absolute atomic E-state index is 0. The molecule has 0 amide bonds. The molecule has 1 heterocycles. The zero-order valence-corrected chi connectivity index (χ0v) is 8.04. The summed E-state index contributed by atoms with van der Waals surface area (Å²) in [6.45, 7) is 1.98. The monoisotopic (exact) mass is 200 g/mol. The molecule has 0 aliphatic carbocycles. The summed E-state index contributed by atoms with van der Waals surface area (Å²) >= 11 is 0. The summed E-state index contributed by atoms with van der Waals surface area (Å²) in [6, 6.07) is 0. The van der Waals surface area contributed by atoms with E-state index in [1.807, 2.05) is 11.9 Å². The molecule has 1 N–H and O–H groups in total. The fourth-order valence-electron chi connectivity index (χ4n) is 0.852. The minimum atomic E-state index is -2.94. The Morgan fingerprint density at radius 1 is 1.36 bits per heavy atom. The second-order valence-electron chi connectivity index (χ2n) is 2.52. The molecule has 0 bridgehead atoms. The minimum Gasteiger partial charge on any atom is -0.304 e. The third kappa shape index (κ3) is 3.91. The van der Waals surface area contributed by atoms with Crippen LogP contribution in [0.25, 0.3) is 0 Å². The molecule has 1 rings (SSSR count). The van der Waals surface area contributed by atoms with E-state index in [1.54, 1.807) is 0 Å². The first-order valence-electron chi connectivity index (χ1n) is 3.26. The van der Waals surface area contributed by atoms with Crippen molar-refractivity contribution in [2.24, 2.45) is 0 Å². The lowest BCUT2D eigenvalue weighted by atomic mass is 10.5. The lowest BCUT2D eigenvalue weighted by Gasteiger charge is -2.09. The lowest BCUT2D eigenvalue weighted by molar-refractivity contribution is 0.368. The largest absolute Gasteiger partial charge is 0.304 e. The van der Waals surface area contributed by atoms with E-state index in [2.05, 4.69) is 4.72 Å². The number of rotatable bonds is 0. The van der Waals surface area contributed by atoms with Crippen LogP contribution in [0.5, 0.6) is 0 Å². The summed E-state index contributed by atoms with van der Waals surface area (Å²) in [6.07, 6.45) is 0. The van der Waals surface area contributed by atoms with Crippen LogP contribution in [0.15, 0.2) is 0 Å². The number of sulfonamides is 1. The second-order valence-corrected chi connectivity index (χ2v) is 4.44. The van der Waals surface area contributed by atoms with E-state index in [4.69, 9.17) is 0 Å². The van der Waals surface area contributed by atoms with Crippen molar-refractivity contribution >= 4 is 22.4 Å². The Balaban J connectivity index is 0.000001000. The van der Waals surface area contributed by atoms with Crippen molar-refractivity contribution in [3.8, 4) is 0 Å². The van der Waals surface area contributed by atoms with Crippen LogP contribution in [0.4, 0.5) is 0 Å². The molecular formula is C5H13ClN2O2S. The standard InChI is InChI=1S/C5H12N2O2S.ClH/c1-7-3-2-6-10(8,9)5-4-7;/h6H,2-5H2,1H3;1H. The molecule has 0 aromatic carbocycles. The van der Waals surface area contributed by atoms with Crippen LogP contribution in [-0.4, -0.2) is 45.8 Å². The highest BCUT2D eigenvalue weighted by atomic mass is 35.5. The van der Waals surface area contributed by atoms with Gasteiger partial charge in [-0.1, -0.05) is 0 Å². The average molecular weight is 201 g/mol. The van der Waals surface area contributed by atoms with Crippen LogP contribution in [0.1, 0.15) is 0 Å².